The highest BCUT2D eigenvalue weighted by molar-refractivity contribution is 5.75. The van der Waals surface area contributed by atoms with E-state index in [1.807, 2.05) is 0 Å². The zero-order valence-corrected chi connectivity index (χ0v) is 9.28. The molecule has 2 aliphatic heterocycles. The fourth-order valence-corrected chi connectivity index (χ4v) is 2.56. The normalized spacial score (nSPS) is 32.9. The molecule has 0 bridgehead atoms. The summed E-state index contributed by atoms with van der Waals surface area (Å²) in [5.74, 6) is -0.0819. The van der Waals surface area contributed by atoms with Crippen molar-refractivity contribution in [2.24, 2.45) is 0 Å². The molecule has 2 rings (SSSR count). The molecule has 0 radical (unpaired) electrons. The van der Waals surface area contributed by atoms with Gasteiger partial charge in [0, 0.05) is 12.6 Å². The van der Waals surface area contributed by atoms with Gasteiger partial charge in [0.05, 0.1) is 13.7 Å². The Morgan fingerprint density at radius 3 is 2.93 bits per heavy atom. The van der Waals surface area contributed by atoms with Crippen molar-refractivity contribution in [2.75, 3.05) is 26.9 Å². The molecule has 2 saturated heterocycles. The van der Waals surface area contributed by atoms with Crippen LogP contribution in [0.4, 0.5) is 0 Å². The van der Waals surface area contributed by atoms with Gasteiger partial charge in [-0.2, -0.15) is 0 Å². The van der Waals surface area contributed by atoms with E-state index < -0.39 is 0 Å². The molecule has 2 atom stereocenters. The van der Waals surface area contributed by atoms with Crippen molar-refractivity contribution in [1.29, 1.82) is 0 Å². The summed E-state index contributed by atoms with van der Waals surface area (Å²) in [6.07, 6.45) is 4.30. The summed E-state index contributed by atoms with van der Waals surface area (Å²) in [5, 5.41) is 0. The zero-order valence-electron chi connectivity index (χ0n) is 9.28. The molecule has 86 valence electrons. The number of methoxy groups -OCH3 is 1. The highest BCUT2D eigenvalue weighted by atomic mass is 16.5. The van der Waals surface area contributed by atoms with Crippen molar-refractivity contribution in [3.63, 3.8) is 0 Å². The van der Waals surface area contributed by atoms with E-state index in [-0.39, 0.29) is 12.0 Å². The lowest BCUT2D eigenvalue weighted by Gasteiger charge is -2.37. The van der Waals surface area contributed by atoms with E-state index >= 15 is 0 Å². The van der Waals surface area contributed by atoms with Crippen LogP contribution in [0.15, 0.2) is 0 Å². The van der Waals surface area contributed by atoms with Crippen LogP contribution < -0.4 is 0 Å². The molecule has 2 heterocycles. The number of likely N-dealkylation sites (tertiary alicyclic amines) is 1. The minimum Gasteiger partial charge on any atom is -0.468 e. The van der Waals surface area contributed by atoms with Gasteiger partial charge in [0.1, 0.15) is 6.04 Å². The lowest BCUT2D eigenvalue weighted by molar-refractivity contribution is -0.149. The Labute approximate surface area is 90.5 Å². The number of piperidine rings is 1. The Hall–Kier alpha value is -0.610. The molecule has 0 aromatic heterocycles. The van der Waals surface area contributed by atoms with Gasteiger partial charge < -0.3 is 9.47 Å². The molecular formula is C11H19NO3. The maximum atomic E-state index is 11.6. The maximum Gasteiger partial charge on any atom is 0.323 e. The van der Waals surface area contributed by atoms with Crippen LogP contribution in [0.1, 0.15) is 25.7 Å². The van der Waals surface area contributed by atoms with Crippen LogP contribution in [-0.2, 0) is 14.3 Å². The monoisotopic (exact) mass is 213 g/mol. The van der Waals surface area contributed by atoms with Gasteiger partial charge in [-0.15, -0.1) is 0 Å². The smallest absolute Gasteiger partial charge is 0.323 e. The van der Waals surface area contributed by atoms with Crippen LogP contribution in [0, 0.1) is 0 Å². The first-order valence-corrected chi connectivity index (χ1v) is 5.74. The molecule has 2 unspecified atom stereocenters. The number of carbonyl (C=O) groups excluding carboxylic acids is 1. The number of nitrogens with zero attached hydrogens (tertiary/aromatic N) is 1. The molecular weight excluding hydrogens is 194 g/mol. The molecule has 0 amide bonds. The van der Waals surface area contributed by atoms with Crippen LogP contribution in [0.25, 0.3) is 0 Å². The minimum absolute atomic E-state index is 0.0320. The van der Waals surface area contributed by atoms with Gasteiger partial charge in [-0.1, -0.05) is 6.42 Å². The Balaban J connectivity index is 2.01. The van der Waals surface area contributed by atoms with Crippen molar-refractivity contribution >= 4 is 5.97 Å². The SMILES string of the molecule is COC(=O)C1CCCCN1C1CCOC1. The lowest BCUT2D eigenvalue weighted by Crippen LogP contribution is -2.50. The molecule has 0 saturated carbocycles. The second-order valence-corrected chi connectivity index (χ2v) is 4.29. The van der Waals surface area contributed by atoms with E-state index in [4.69, 9.17) is 9.47 Å². The number of carbonyl (C=O) groups is 1. The van der Waals surface area contributed by atoms with Gasteiger partial charge in [0.2, 0.25) is 0 Å². The molecule has 0 N–H and O–H groups in total. The standard InChI is InChI=1S/C11H19NO3/c1-14-11(13)10-4-2-3-6-12(10)9-5-7-15-8-9/h9-10H,2-8H2,1H3. The number of esters is 1. The van der Waals surface area contributed by atoms with E-state index in [9.17, 15) is 4.79 Å². The predicted molar refractivity (Wildman–Crippen MR) is 55.6 cm³/mol. The summed E-state index contributed by atoms with van der Waals surface area (Å²) < 4.78 is 10.2. The van der Waals surface area contributed by atoms with E-state index in [2.05, 4.69) is 4.90 Å². The molecule has 0 aromatic carbocycles. The quantitative estimate of drug-likeness (QED) is 0.636. The van der Waals surface area contributed by atoms with E-state index in [1.165, 1.54) is 13.5 Å². The predicted octanol–water partition coefficient (Wildman–Crippen LogP) is 0.803. The average molecular weight is 213 g/mol. The first-order chi connectivity index (χ1) is 7.33. The van der Waals surface area contributed by atoms with Gasteiger partial charge in [0.25, 0.3) is 0 Å². The summed E-state index contributed by atoms with van der Waals surface area (Å²) >= 11 is 0. The van der Waals surface area contributed by atoms with Gasteiger partial charge in [-0.3, -0.25) is 9.69 Å². The maximum absolute atomic E-state index is 11.6. The molecule has 0 aromatic rings. The fourth-order valence-electron chi connectivity index (χ4n) is 2.56. The largest absolute Gasteiger partial charge is 0.468 e. The molecule has 4 nitrogen and oxygen atoms in total. The van der Waals surface area contributed by atoms with Gasteiger partial charge in [0.15, 0.2) is 0 Å². The second-order valence-electron chi connectivity index (χ2n) is 4.29. The molecule has 0 spiro atoms. The second kappa shape index (κ2) is 4.94. The van der Waals surface area contributed by atoms with Crippen molar-refractivity contribution in [1.82, 2.24) is 4.90 Å². The summed E-state index contributed by atoms with van der Waals surface area (Å²) in [4.78, 5) is 13.9. The molecule has 2 fully saturated rings. The number of hydrogen-bond acceptors (Lipinski definition) is 4. The van der Waals surface area contributed by atoms with E-state index in [1.54, 1.807) is 0 Å². The fraction of sp³-hybridized carbons (Fsp3) is 0.909. The van der Waals surface area contributed by atoms with Crippen molar-refractivity contribution in [3.05, 3.63) is 0 Å². The van der Waals surface area contributed by atoms with Gasteiger partial charge in [-0.05, 0) is 25.8 Å². The van der Waals surface area contributed by atoms with Crippen LogP contribution in [0.3, 0.4) is 0 Å². The summed E-state index contributed by atoms with van der Waals surface area (Å²) in [7, 11) is 1.47. The Bertz CT molecular complexity index is 226. The third kappa shape index (κ3) is 2.32. The third-order valence-electron chi connectivity index (χ3n) is 3.39. The van der Waals surface area contributed by atoms with E-state index in [0.29, 0.717) is 6.04 Å². The number of rotatable bonds is 2. The van der Waals surface area contributed by atoms with Crippen LogP contribution in [0.2, 0.25) is 0 Å². The molecule has 2 aliphatic rings. The van der Waals surface area contributed by atoms with Crippen LogP contribution in [-0.4, -0.2) is 49.8 Å². The summed E-state index contributed by atoms with van der Waals surface area (Å²) in [6.45, 7) is 2.61. The Morgan fingerprint density at radius 1 is 1.40 bits per heavy atom. The van der Waals surface area contributed by atoms with E-state index in [0.717, 1.165) is 39.0 Å². The van der Waals surface area contributed by atoms with Crippen molar-refractivity contribution in [2.45, 2.75) is 37.8 Å². The highest BCUT2D eigenvalue weighted by Crippen LogP contribution is 2.24. The zero-order chi connectivity index (χ0) is 10.7. The lowest BCUT2D eigenvalue weighted by atomic mass is 9.99. The molecule has 4 heteroatoms. The van der Waals surface area contributed by atoms with Crippen molar-refractivity contribution in [3.8, 4) is 0 Å². The summed E-state index contributed by atoms with van der Waals surface area (Å²) in [6, 6.07) is 0.393. The Morgan fingerprint density at radius 2 is 2.27 bits per heavy atom. The average Bonchev–Trinajstić information content (AvgIpc) is 2.81. The van der Waals surface area contributed by atoms with Gasteiger partial charge >= 0.3 is 5.97 Å². The first-order valence-electron chi connectivity index (χ1n) is 5.74. The summed E-state index contributed by atoms with van der Waals surface area (Å²) in [5.41, 5.74) is 0. The molecule has 0 aliphatic carbocycles. The minimum atomic E-state index is -0.0819. The molecule has 15 heavy (non-hydrogen) atoms. The first kappa shape index (κ1) is 10.9. The number of ether oxygens (including phenoxy) is 2. The highest BCUT2D eigenvalue weighted by Gasteiger charge is 2.35. The third-order valence-corrected chi connectivity index (χ3v) is 3.39. The number of hydrogen-bond donors (Lipinski definition) is 0. The Kier molecular flexibility index (Phi) is 3.59. The van der Waals surface area contributed by atoms with Gasteiger partial charge in [-0.25, -0.2) is 0 Å². The van der Waals surface area contributed by atoms with Crippen LogP contribution in [0.5, 0.6) is 0 Å². The van der Waals surface area contributed by atoms with Crippen LogP contribution >= 0.6 is 0 Å². The topological polar surface area (TPSA) is 38.8 Å². The van der Waals surface area contributed by atoms with Crippen molar-refractivity contribution < 1.29 is 14.3 Å².